The summed E-state index contributed by atoms with van der Waals surface area (Å²) in [6.07, 6.45) is 4.47. The molecule has 2 nitrogen and oxygen atoms in total. The SMILES string of the molecule is CC1(C)CC=C(C(=O)O)CC1. The Balaban J connectivity index is 2.65. The normalized spacial score (nSPS) is 22.5. The van der Waals surface area contributed by atoms with Gasteiger partial charge in [-0.3, -0.25) is 0 Å². The van der Waals surface area contributed by atoms with E-state index in [0.717, 1.165) is 19.3 Å². The molecule has 0 aromatic carbocycles. The van der Waals surface area contributed by atoms with E-state index in [1.165, 1.54) is 0 Å². The third-order valence-corrected chi connectivity index (χ3v) is 2.25. The molecular formula is C9H14O2. The average molecular weight is 154 g/mol. The molecule has 1 rings (SSSR count). The van der Waals surface area contributed by atoms with Crippen molar-refractivity contribution < 1.29 is 9.90 Å². The summed E-state index contributed by atoms with van der Waals surface area (Å²) in [4.78, 5) is 10.5. The minimum atomic E-state index is -0.750. The molecule has 0 heterocycles. The third kappa shape index (κ3) is 2.07. The third-order valence-electron chi connectivity index (χ3n) is 2.25. The van der Waals surface area contributed by atoms with E-state index in [0.29, 0.717) is 11.0 Å². The van der Waals surface area contributed by atoms with E-state index in [1.54, 1.807) is 0 Å². The van der Waals surface area contributed by atoms with Gasteiger partial charge in [-0.1, -0.05) is 19.9 Å². The zero-order valence-electron chi connectivity index (χ0n) is 7.05. The van der Waals surface area contributed by atoms with E-state index in [1.807, 2.05) is 6.08 Å². The van der Waals surface area contributed by atoms with Crippen LogP contribution in [0.2, 0.25) is 0 Å². The molecule has 0 aromatic rings. The van der Waals surface area contributed by atoms with Gasteiger partial charge in [0.05, 0.1) is 0 Å². The van der Waals surface area contributed by atoms with E-state index in [2.05, 4.69) is 13.8 Å². The number of allylic oxidation sites excluding steroid dienone is 1. The molecule has 0 amide bonds. The molecule has 1 aliphatic carbocycles. The number of carboxylic acids is 1. The molecule has 62 valence electrons. The van der Waals surface area contributed by atoms with Gasteiger partial charge in [0.15, 0.2) is 0 Å². The molecular weight excluding hydrogens is 140 g/mol. The number of aliphatic carboxylic acids is 1. The van der Waals surface area contributed by atoms with Gasteiger partial charge in [-0.25, -0.2) is 4.79 Å². The van der Waals surface area contributed by atoms with Gasteiger partial charge in [-0.05, 0) is 24.7 Å². The standard InChI is InChI=1S/C9H14O2/c1-9(2)5-3-7(4-6-9)8(10)11/h3H,4-6H2,1-2H3,(H,10,11). The zero-order valence-corrected chi connectivity index (χ0v) is 7.05. The van der Waals surface area contributed by atoms with Crippen LogP contribution in [0.5, 0.6) is 0 Å². The number of rotatable bonds is 1. The highest BCUT2D eigenvalue weighted by Gasteiger charge is 2.23. The Hall–Kier alpha value is -0.790. The molecule has 0 spiro atoms. The highest BCUT2D eigenvalue weighted by molar-refractivity contribution is 5.86. The van der Waals surface area contributed by atoms with Crippen molar-refractivity contribution in [2.75, 3.05) is 0 Å². The molecule has 11 heavy (non-hydrogen) atoms. The molecule has 0 aromatic heterocycles. The van der Waals surface area contributed by atoms with Gasteiger partial charge < -0.3 is 5.11 Å². The predicted octanol–water partition coefficient (Wildman–Crippen LogP) is 2.21. The lowest BCUT2D eigenvalue weighted by Crippen LogP contribution is -2.17. The maximum Gasteiger partial charge on any atom is 0.331 e. The lowest BCUT2D eigenvalue weighted by Gasteiger charge is -2.27. The van der Waals surface area contributed by atoms with Gasteiger partial charge in [0.2, 0.25) is 0 Å². The average Bonchev–Trinajstić information content (AvgIpc) is 1.86. The monoisotopic (exact) mass is 154 g/mol. The van der Waals surface area contributed by atoms with Crippen LogP contribution >= 0.6 is 0 Å². The van der Waals surface area contributed by atoms with Crippen LogP contribution in [0, 0.1) is 5.41 Å². The van der Waals surface area contributed by atoms with E-state index in [-0.39, 0.29) is 0 Å². The Labute approximate surface area is 66.9 Å². The fraction of sp³-hybridized carbons (Fsp3) is 0.667. The van der Waals surface area contributed by atoms with Crippen molar-refractivity contribution >= 4 is 5.97 Å². The summed E-state index contributed by atoms with van der Waals surface area (Å²) in [6.45, 7) is 4.34. The fourth-order valence-electron chi connectivity index (χ4n) is 1.27. The van der Waals surface area contributed by atoms with Gasteiger partial charge >= 0.3 is 5.97 Å². The second-order valence-electron chi connectivity index (χ2n) is 3.90. The smallest absolute Gasteiger partial charge is 0.331 e. The van der Waals surface area contributed by atoms with Crippen LogP contribution in [-0.2, 0) is 4.79 Å². The molecule has 0 fully saturated rings. The molecule has 0 atom stereocenters. The van der Waals surface area contributed by atoms with E-state index in [4.69, 9.17) is 5.11 Å². The molecule has 0 saturated heterocycles. The van der Waals surface area contributed by atoms with Gasteiger partial charge in [0.25, 0.3) is 0 Å². The van der Waals surface area contributed by atoms with Crippen molar-refractivity contribution in [2.45, 2.75) is 33.1 Å². The fourth-order valence-corrected chi connectivity index (χ4v) is 1.27. The van der Waals surface area contributed by atoms with E-state index < -0.39 is 5.97 Å². The summed E-state index contributed by atoms with van der Waals surface area (Å²) >= 11 is 0. The Kier molecular flexibility index (Phi) is 2.03. The topological polar surface area (TPSA) is 37.3 Å². The first-order chi connectivity index (χ1) is 5.01. The summed E-state index contributed by atoms with van der Waals surface area (Å²) in [7, 11) is 0. The van der Waals surface area contributed by atoms with Gasteiger partial charge in [-0.2, -0.15) is 0 Å². The van der Waals surface area contributed by atoms with Crippen LogP contribution in [0.15, 0.2) is 11.6 Å². The Bertz CT molecular complexity index is 202. The van der Waals surface area contributed by atoms with Crippen LogP contribution < -0.4 is 0 Å². The molecule has 0 aliphatic heterocycles. The summed E-state index contributed by atoms with van der Waals surface area (Å²) < 4.78 is 0. The van der Waals surface area contributed by atoms with Crippen LogP contribution in [0.4, 0.5) is 0 Å². The molecule has 2 heteroatoms. The molecule has 0 radical (unpaired) electrons. The lowest BCUT2D eigenvalue weighted by molar-refractivity contribution is -0.133. The summed E-state index contributed by atoms with van der Waals surface area (Å²) in [5.41, 5.74) is 0.892. The first-order valence-corrected chi connectivity index (χ1v) is 3.94. The molecule has 0 bridgehead atoms. The quantitative estimate of drug-likeness (QED) is 0.628. The van der Waals surface area contributed by atoms with E-state index >= 15 is 0 Å². The Morgan fingerprint density at radius 3 is 2.64 bits per heavy atom. The number of carbonyl (C=O) groups is 1. The largest absolute Gasteiger partial charge is 0.478 e. The van der Waals surface area contributed by atoms with Crippen molar-refractivity contribution in [1.82, 2.24) is 0 Å². The van der Waals surface area contributed by atoms with Gasteiger partial charge in [-0.15, -0.1) is 0 Å². The first kappa shape index (κ1) is 8.31. The van der Waals surface area contributed by atoms with Crippen LogP contribution in [0.25, 0.3) is 0 Å². The van der Waals surface area contributed by atoms with Crippen molar-refractivity contribution in [3.63, 3.8) is 0 Å². The summed E-state index contributed by atoms with van der Waals surface area (Å²) in [5.74, 6) is -0.750. The number of hydrogen-bond acceptors (Lipinski definition) is 1. The van der Waals surface area contributed by atoms with Gasteiger partial charge in [0, 0.05) is 5.57 Å². The number of carboxylic acid groups (broad SMARTS) is 1. The maximum atomic E-state index is 10.5. The predicted molar refractivity (Wildman–Crippen MR) is 43.4 cm³/mol. The second kappa shape index (κ2) is 2.68. The highest BCUT2D eigenvalue weighted by Crippen LogP contribution is 2.33. The number of hydrogen-bond donors (Lipinski definition) is 1. The van der Waals surface area contributed by atoms with Crippen molar-refractivity contribution in [3.8, 4) is 0 Å². The van der Waals surface area contributed by atoms with Crippen LogP contribution in [0.1, 0.15) is 33.1 Å². The van der Waals surface area contributed by atoms with E-state index in [9.17, 15) is 4.79 Å². The van der Waals surface area contributed by atoms with Crippen molar-refractivity contribution in [1.29, 1.82) is 0 Å². The summed E-state index contributed by atoms with van der Waals surface area (Å²) in [6, 6.07) is 0. The van der Waals surface area contributed by atoms with Crippen LogP contribution in [-0.4, -0.2) is 11.1 Å². The Morgan fingerprint density at radius 2 is 2.27 bits per heavy atom. The zero-order chi connectivity index (χ0) is 8.48. The maximum absolute atomic E-state index is 10.5. The molecule has 0 saturated carbocycles. The van der Waals surface area contributed by atoms with Crippen LogP contribution in [0.3, 0.4) is 0 Å². The van der Waals surface area contributed by atoms with Crippen molar-refractivity contribution in [3.05, 3.63) is 11.6 Å². The lowest BCUT2D eigenvalue weighted by atomic mass is 9.78. The minimum absolute atomic E-state index is 0.305. The molecule has 1 N–H and O–H groups in total. The molecule has 1 aliphatic rings. The second-order valence-corrected chi connectivity index (χ2v) is 3.90. The molecule has 0 unspecified atom stereocenters. The summed E-state index contributed by atoms with van der Waals surface area (Å²) in [5, 5.41) is 8.64. The van der Waals surface area contributed by atoms with Crippen molar-refractivity contribution in [2.24, 2.45) is 5.41 Å². The Morgan fingerprint density at radius 1 is 1.64 bits per heavy atom. The first-order valence-electron chi connectivity index (χ1n) is 3.94. The minimum Gasteiger partial charge on any atom is -0.478 e. The van der Waals surface area contributed by atoms with Gasteiger partial charge in [0.1, 0.15) is 0 Å². The highest BCUT2D eigenvalue weighted by atomic mass is 16.4.